The van der Waals surface area contributed by atoms with Gasteiger partial charge < -0.3 is 5.32 Å². The van der Waals surface area contributed by atoms with Gasteiger partial charge in [0.1, 0.15) is 0 Å². The molecule has 1 aromatic heterocycles. The van der Waals surface area contributed by atoms with Crippen LogP contribution in [-0.2, 0) is 4.79 Å². The third kappa shape index (κ3) is 1.75. The molecule has 2 aliphatic carbocycles. The van der Waals surface area contributed by atoms with Gasteiger partial charge in [0, 0.05) is 11.3 Å². The Balaban J connectivity index is 1.65. The second kappa shape index (κ2) is 3.84. The van der Waals surface area contributed by atoms with Crippen molar-refractivity contribution in [1.82, 2.24) is 4.98 Å². The number of rotatable bonds is 2. The predicted molar refractivity (Wildman–Crippen MR) is 64.4 cm³/mol. The first kappa shape index (κ1) is 10.3. The van der Waals surface area contributed by atoms with Crippen molar-refractivity contribution in [3.8, 4) is 0 Å². The molecule has 16 heavy (non-hydrogen) atoms. The predicted octanol–water partition coefficient (Wildman–Crippen LogP) is 2.83. The second-order valence-electron chi connectivity index (χ2n) is 5.06. The van der Waals surface area contributed by atoms with E-state index in [0.29, 0.717) is 5.92 Å². The number of nitrogens with one attached hydrogen (secondary N) is 1. The maximum atomic E-state index is 12.1. The number of thiazole rings is 1. The number of hydrogen-bond acceptors (Lipinski definition) is 3. The smallest absolute Gasteiger partial charge is 0.229 e. The van der Waals surface area contributed by atoms with Crippen molar-refractivity contribution in [3.63, 3.8) is 0 Å². The van der Waals surface area contributed by atoms with Crippen LogP contribution in [0.15, 0.2) is 5.38 Å². The Hall–Kier alpha value is -0.900. The highest BCUT2D eigenvalue weighted by atomic mass is 32.1. The highest BCUT2D eigenvalue weighted by Gasteiger charge is 2.43. The minimum absolute atomic E-state index is 0.196. The van der Waals surface area contributed by atoms with Crippen LogP contribution in [0.25, 0.3) is 0 Å². The maximum absolute atomic E-state index is 12.1. The minimum atomic E-state index is 0.196. The van der Waals surface area contributed by atoms with E-state index in [4.69, 9.17) is 0 Å². The third-order valence-corrected chi connectivity index (χ3v) is 4.80. The van der Waals surface area contributed by atoms with Crippen LogP contribution in [0, 0.1) is 24.7 Å². The Morgan fingerprint density at radius 3 is 2.94 bits per heavy atom. The van der Waals surface area contributed by atoms with Crippen molar-refractivity contribution < 1.29 is 4.79 Å². The fraction of sp³-hybridized carbons (Fsp3) is 0.667. The van der Waals surface area contributed by atoms with E-state index in [9.17, 15) is 4.79 Å². The summed E-state index contributed by atoms with van der Waals surface area (Å²) < 4.78 is 0. The molecule has 0 radical (unpaired) electrons. The lowest BCUT2D eigenvalue weighted by Gasteiger charge is -2.19. The monoisotopic (exact) mass is 236 g/mol. The number of amides is 1. The Labute approximate surface area is 99.3 Å². The largest absolute Gasteiger partial charge is 0.302 e. The van der Waals surface area contributed by atoms with Crippen LogP contribution in [0.4, 0.5) is 5.13 Å². The molecule has 0 aromatic carbocycles. The van der Waals surface area contributed by atoms with Crippen LogP contribution >= 0.6 is 11.3 Å². The summed E-state index contributed by atoms with van der Waals surface area (Å²) in [6.45, 7) is 1.95. The van der Waals surface area contributed by atoms with Crippen molar-refractivity contribution in [2.75, 3.05) is 5.32 Å². The number of aromatic nitrogens is 1. The van der Waals surface area contributed by atoms with Gasteiger partial charge in [0.2, 0.25) is 5.91 Å². The maximum Gasteiger partial charge on any atom is 0.229 e. The summed E-state index contributed by atoms with van der Waals surface area (Å²) in [5.74, 6) is 1.91. The van der Waals surface area contributed by atoms with Gasteiger partial charge in [-0.25, -0.2) is 4.98 Å². The quantitative estimate of drug-likeness (QED) is 0.858. The zero-order valence-electron chi connectivity index (χ0n) is 9.40. The van der Waals surface area contributed by atoms with E-state index < -0.39 is 0 Å². The average Bonchev–Trinajstić information content (AvgIpc) is 2.93. The van der Waals surface area contributed by atoms with Crippen LogP contribution in [0.2, 0.25) is 0 Å². The molecule has 0 spiro atoms. The number of aryl methyl sites for hydroxylation is 1. The number of fused-ring (bicyclic) bond motifs is 2. The molecule has 4 heteroatoms. The van der Waals surface area contributed by atoms with Crippen LogP contribution in [0.1, 0.15) is 31.4 Å². The van der Waals surface area contributed by atoms with Crippen molar-refractivity contribution in [3.05, 3.63) is 11.1 Å². The molecule has 2 fully saturated rings. The highest BCUT2D eigenvalue weighted by Crippen LogP contribution is 2.48. The Kier molecular flexibility index (Phi) is 2.46. The Morgan fingerprint density at radius 1 is 1.50 bits per heavy atom. The lowest BCUT2D eigenvalue weighted by atomic mass is 9.88. The molecule has 0 aliphatic heterocycles. The van der Waals surface area contributed by atoms with Gasteiger partial charge in [-0.05, 0) is 38.0 Å². The van der Waals surface area contributed by atoms with Crippen molar-refractivity contribution in [2.24, 2.45) is 17.8 Å². The summed E-state index contributed by atoms with van der Waals surface area (Å²) in [7, 11) is 0. The first-order valence-electron chi connectivity index (χ1n) is 5.95. The van der Waals surface area contributed by atoms with Crippen LogP contribution < -0.4 is 5.32 Å². The molecule has 2 bridgehead atoms. The molecule has 86 valence electrons. The van der Waals surface area contributed by atoms with Gasteiger partial charge in [-0.3, -0.25) is 4.79 Å². The molecule has 0 unspecified atom stereocenters. The number of hydrogen-bond donors (Lipinski definition) is 1. The molecular formula is C12H16N2OS. The van der Waals surface area contributed by atoms with E-state index in [-0.39, 0.29) is 11.8 Å². The van der Waals surface area contributed by atoms with Crippen LogP contribution in [0.5, 0.6) is 0 Å². The summed E-state index contributed by atoms with van der Waals surface area (Å²) in [6.07, 6.45) is 4.96. The van der Waals surface area contributed by atoms with Crippen LogP contribution in [0.3, 0.4) is 0 Å². The summed E-state index contributed by atoms with van der Waals surface area (Å²) >= 11 is 1.51. The number of nitrogens with zero attached hydrogens (tertiary/aromatic N) is 1. The van der Waals surface area contributed by atoms with E-state index in [1.54, 1.807) is 0 Å². The van der Waals surface area contributed by atoms with Crippen molar-refractivity contribution >= 4 is 22.4 Å². The summed E-state index contributed by atoms with van der Waals surface area (Å²) in [5.41, 5.74) is 0.980. The molecule has 1 N–H and O–H groups in total. The van der Waals surface area contributed by atoms with Crippen molar-refractivity contribution in [2.45, 2.75) is 32.6 Å². The van der Waals surface area contributed by atoms with Gasteiger partial charge in [-0.2, -0.15) is 0 Å². The van der Waals surface area contributed by atoms with E-state index in [2.05, 4.69) is 10.3 Å². The lowest BCUT2D eigenvalue weighted by Crippen LogP contribution is -2.27. The van der Waals surface area contributed by atoms with Gasteiger partial charge in [-0.15, -0.1) is 11.3 Å². The normalized spacial score (nSPS) is 31.9. The van der Waals surface area contributed by atoms with E-state index in [1.807, 2.05) is 12.3 Å². The molecule has 3 atom stereocenters. The Bertz CT molecular complexity index is 415. The standard InChI is InChI=1S/C12H16N2OS/c1-7-6-16-12(13-7)14-11(15)10-5-8-2-3-9(10)4-8/h6,8-10H,2-5H2,1H3,(H,13,14,15)/t8-,9-,10+/m1/s1. The SMILES string of the molecule is Cc1csc(NC(=O)[C@H]2C[C@@H]3CC[C@@H]2C3)n1. The van der Waals surface area contributed by atoms with Crippen molar-refractivity contribution in [1.29, 1.82) is 0 Å². The van der Waals surface area contributed by atoms with Gasteiger partial charge in [0.05, 0.1) is 5.69 Å². The molecule has 2 saturated carbocycles. The summed E-state index contributed by atoms with van der Waals surface area (Å²) in [4.78, 5) is 16.3. The van der Waals surface area contributed by atoms with Gasteiger partial charge in [0.25, 0.3) is 0 Å². The molecule has 3 nitrogen and oxygen atoms in total. The summed E-state index contributed by atoms with van der Waals surface area (Å²) in [6, 6.07) is 0. The fourth-order valence-electron chi connectivity index (χ4n) is 3.18. The summed E-state index contributed by atoms with van der Waals surface area (Å²) in [5, 5.41) is 5.68. The first-order chi connectivity index (χ1) is 7.72. The Morgan fingerprint density at radius 2 is 2.38 bits per heavy atom. The third-order valence-electron chi connectivity index (χ3n) is 3.92. The molecule has 1 amide bonds. The van der Waals surface area contributed by atoms with Crippen LogP contribution in [-0.4, -0.2) is 10.9 Å². The van der Waals surface area contributed by atoms with E-state index in [1.165, 1.54) is 30.6 Å². The highest BCUT2D eigenvalue weighted by molar-refractivity contribution is 7.13. The molecule has 1 aromatic rings. The average molecular weight is 236 g/mol. The number of carbonyl (C=O) groups is 1. The molecule has 0 saturated heterocycles. The van der Waals surface area contributed by atoms with Gasteiger partial charge >= 0.3 is 0 Å². The first-order valence-corrected chi connectivity index (χ1v) is 6.83. The lowest BCUT2D eigenvalue weighted by molar-refractivity contribution is -0.121. The van der Waals surface area contributed by atoms with E-state index >= 15 is 0 Å². The van der Waals surface area contributed by atoms with Gasteiger partial charge in [-0.1, -0.05) is 6.42 Å². The van der Waals surface area contributed by atoms with Gasteiger partial charge in [0.15, 0.2) is 5.13 Å². The zero-order chi connectivity index (χ0) is 11.1. The topological polar surface area (TPSA) is 42.0 Å². The fourth-order valence-corrected chi connectivity index (χ4v) is 3.87. The zero-order valence-corrected chi connectivity index (χ0v) is 10.2. The van der Waals surface area contributed by atoms with E-state index in [0.717, 1.165) is 23.2 Å². The molecular weight excluding hydrogens is 220 g/mol. The molecule has 3 rings (SSSR count). The minimum Gasteiger partial charge on any atom is -0.302 e. The molecule has 1 heterocycles. The number of anilines is 1. The second-order valence-corrected chi connectivity index (χ2v) is 5.92. The molecule has 2 aliphatic rings. The number of carbonyl (C=O) groups excluding carboxylic acids is 1.